The lowest BCUT2D eigenvalue weighted by Gasteiger charge is -2.00. The Morgan fingerprint density at radius 2 is 2.06 bits per heavy atom. The third kappa shape index (κ3) is 3.34. The summed E-state index contributed by atoms with van der Waals surface area (Å²) >= 11 is 3.74. The van der Waals surface area contributed by atoms with E-state index in [4.69, 9.17) is 4.98 Å². The molecule has 0 fully saturated rings. The first-order valence-electron chi connectivity index (χ1n) is 6.11. The molecule has 1 aromatic carbocycles. The van der Waals surface area contributed by atoms with Gasteiger partial charge in [-0.25, -0.2) is 4.98 Å². The minimum atomic E-state index is 0.831. The molecule has 0 aliphatic carbocycles. The Balaban J connectivity index is 2.29. The number of thiazole rings is 1. The van der Waals surface area contributed by atoms with E-state index in [1.807, 2.05) is 30.1 Å². The summed E-state index contributed by atoms with van der Waals surface area (Å²) in [6, 6.07) is 10.5. The molecule has 0 radical (unpaired) electrons. The number of hydrogen-bond donors (Lipinski definition) is 1. The number of hydrogen-bond acceptors (Lipinski definition) is 4. The van der Waals surface area contributed by atoms with Crippen LogP contribution in [-0.2, 0) is 12.3 Å². The van der Waals surface area contributed by atoms with E-state index in [1.54, 1.807) is 0 Å². The van der Waals surface area contributed by atoms with E-state index in [0.29, 0.717) is 0 Å². The summed E-state index contributed by atoms with van der Waals surface area (Å²) in [7, 11) is 1.97. The fourth-order valence-electron chi connectivity index (χ4n) is 1.75. The van der Waals surface area contributed by atoms with Gasteiger partial charge in [0.2, 0.25) is 0 Å². The first kappa shape index (κ1) is 13.6. The summed E-state index contributed by atoms with van der Waals surface area (Å²) in [5.41, 5.74) is 2.44. The highest BCUT2D eigenvalue weighted by Gasteiger charge is 2.11. The molecule has 18 heavy (non-hydrogen) atoms. The van der Waals surface area contributed by atoms with Crippen molar-refractivity contribution in [1.82, 2.24) is 10.3 Å². The first-order valence-corrected chi connectivity index (χ1v) is 8.08. The van der Waals surface area contributed by atoms with Gasteiger partial charge in [0.15, 0.2) is 0 Å². The SMILES string of the molecule is CCSCc1nc(CNC)c(-c2ccccc2)s1. The molecular weight excluding hydrogens is 260 g/mol. The van der Waals surface area contributed by atoms with Crippen molar-refractivity contribution in [3.63, 3.8) is 0 Å². The predicted octanol–water partition coefficient (Wildman–Crippen LogP) is 3.78. The van der Waals surface area contributed by atoms with Crippen LogP contribution < -0.4 is 5.32 Å². The standard InChI is InChI=1S/C14H18N2S2/c1-3-17-10-13-16-12(9-15-2)14(18-13)11-7-5-4-6-8-11/h4-8,15H,3,9-10H2,1-2H3. The maximum atomic E-state index is 4.75. The van der Waals surface area contributed by atoms with Crippen molar-refractivity contribution in [3.05, 3.63) is 41.0 Å². The molecule has 0 amide bonds. The second-order valence-electron chi connectivity index (χ2n) is 3.92. The zero-order valence-electron chi connectivity index (χ0n) is 10.8. The number of aromatic nitrogens is 1. The molecular formula is C14H18N2S2. The highest BCUT2D eigenvalue weighted by atomic mass is 32.2. The number of thioether (sulfide) groups is 1. The van der Waals surface area contributed by atoms with E-state index in [0.717, 1.165) is 18.1 Å². The lowest BCUT2D eigenvalue weighted by Crippen LogP contribution is -2.06. The summed E-state index contributed by atoms with van der Waals surface area (Å²) < 4.78 is 0. The molecule has 4 heteroatoms. The van der Waals surface area contributed by atoms with Crippen molar-refractivity contribution in [2.45, 2.75) is 19.2 Å². The lowest BCUT2D eigenvalue weighted by atomic mass is 10.1. The van der Waals surface area contributed by atoms with E-state index in [9.17, 15) is 0 Å². The maximum Gasteiger partial charge on any atom is 0.103 e. The van der Waals surface area contributed by atoms with Crippen LogP contribution in [0.1, 0.15) is 17.6 Å². The average Bonchev–Trinajstić information content (AvgIpc) is 2.81. The van der Waals surface area contributed by atoms with E-state index >= 15 is 0 Å². The fourth-order valence-corrected chi connectivity index (χ4v) is 3.56. The summed E-state index contributed by atoms with van der Waals surface area (Å²) in [6.07, 6.45) is 0. The predicted molar refractivity (Wildman–Crippen MR) is 82.1 cm³/mol. The Morgan fingerprint density at radius 3 is 2.72 bits per heavy atom. The molecule has 2 nitrogen and oxygen atoms in total. The van der Waals surface area contributed by atoms with Gasteiger partial charge >= 0.3 is 0 Å². The van der Waals surface area contributed by atoms with Gasteiger partial charge < -0.3 is 5.32 Å². The number of nitrogens with one attached hydrogen (secondary N) is 1. The van der Waals surface area contributed by atoms with Gasteiger partial charge in [0.25, 0.3) is 0 Å². The van der Waals surface area contributed by atoms with Crippen LogP contribution in [0.5, 0.6) is 0 Å². The Hall–Kier alpha value is -0.840. The van der Waals surface area contributed by atoms with Crippen LogP contribution in [0.4, 0.5) is 0 Å². The van der Waals surface area contributed by atoms with Gasteiger partial charge in [0, 0.05) is 12.3 Å². The highest BCUT2D eigenvalue weighted by Crippen LogP contribution is 2.31. The third-order valence-corrected chi connectivity index (χ3v) is 4.77. The molecule has 0 unspecified atom stereocenters. The maximum absolute atomic E-state index is 4.75. The van der Waals surface area contributed by atoms with Crippen LogP contribution >= 0.6 is 23.1 Å². The summed E-state index contributed by atoms with van der Waals surface area (Å²) in [5.74, 6) is 2.16. The Kier molecular flexibility index (Phi) is 5.23. The molecule has 0 spiro atoms. The van der Waals surface area contributed by atoms with Crippen molar-refractivity contribution < 1.29 is 0 Å². The second-order valence-corrected chi connectivity index (χ2v) is 6.27. The molecule has 0 saturated heterocycles. The molecule has 0 aliphatic heterocycles. The van der Waals surface area contributed by atoms with Gasteiger partial charge in [-0.05, 0) is 18.4 Å². The second kappa shape index (κ2) is 6.92. The minimum absolute atomic E-state index is 0.831. The Morgan fingerprint density at radius 1 is 1.28 bits per heavy atom. The summed E-state index contributed by atoms with van der Waals surface area (Å²) in [4.78, 5) is 6.05. The van der Waals surface area contributed by atoms with Crippen molar-refractivity contribution in [2.24, 2.45) is 0 Å². The molecule has 0 atom stereocenters. The van der Waals surface area contributed by atoms with Crippen molar-refractivity contribution >= 4 is 23.1 Å². The Bertz CT molecular complexity index is 480. The van der Waals surface area contributed by atoms with Gasteiger partial charge in [0.05, 0.1) is 10.6 Å². The van der Waals surface area contributed by atoms with E-state index in [-0.39, 0.29) is 0 Å². The number of rotatable bonds is 6. The van der Waals surface area contributed by atoms with Gasteiger partial charge in [-0.1, -0.05) is 37.3 Å². The van der Waals surface area contributed by atoms with Crippen molar-refractivity contribution in [2.75, 3.05) is 12.8 Å². The zero-order valence-corrected chi connectivity index (χ0v) is 12.4. The Labute approximate surface area is 117 Å². The van der Waals surface area contributed by atoms with Gasteiger partial charge in [0.1, 0.15) is 5.01 Å². The molecule has 1 heterocycles. The fraction of sp³-hybridized carbons (Fsp3) is 0.357. The molecule has 2 aromatic rings. The van der Waals surface area contributed by atoms with Crippen LogP contribution in [0.25, 0.3) is 10.4 Å². The highest BCUT2D eigenvalue weighted by molar-refractivity contribution is 7.98. The van der Waals surface area contributed by atoms with Gasteiger partial charge in [-0.3, -0.25) is 0 Å². The van der Waals surface area contributed by atoms with E-state index in [1.165, 1.54) is 21.1 Å². The monoisotopic (exact) mass is 278 g/mol. The third-order valence-electron chi connectivity index (χ3n) is 2.55. The summed E-state index contributed by atoms with van der Waals surface area (Å²) in [6.45, 7) is 3.02. The van der Waals surface area contributed by atoms with Crippen LogP contribution in [-0.4, -0.2) is 17.8 Å². The summed E-state index contributed by atoms with van der Waals surface area (Å²) in [5, 5.41) is 4.43. The molecule has 2 rings (SSSR count). The zero-order chi connectivity index (χ0) is 12.8. The number of benzene rings is 1. The topological polar surface area (TPSA) is 24.9 Å². The largest absolute Gasteiger partial charge is 0.314 e. The van der Waals surface area contributed by atoms with Crippen molar-refractivity contribution in [3.8, 4) is 10.4 Å². The van der Waals surface area contributed by atoms with Crippen LogP contribution in [0, 0.1) is 0 Å². The van der Waals surface area contributed by atoms with E-state index in [2.05, 4.69) is 42.6 Å². The quantitative estimate of drug-likeness (QED) is 0.870. The first-order chi connectivity index (χ1) is 8.85. The molecule has 0 saturated carbocycles. The minimum Gasteiger partial charge on any atom is -0.314 e. The molecule has 0 bridgehead atoms. The van der Waals surface area contributed by atoms with Crippen molar-refractivity contribution in [1.29, 1.82) is 0 Å². The number of nitrogens with zero attached hydrogens (tertiary/aromatic N) is 1. The molecule has 96 valence electrons. The lowest BCUT2D eigenvalue weighted by molar-refractivity contribution is 0.796. The van der Waals surface area contributed by atoms with Crippen LogP contribution in [0.2, 0.25) is 0 Å². The van der Waals surface area contributed by atoms with E-state index < -0.39 is 0 Å². The average molecular weight is 278 g/mol. The molecule has 1 N–H and O–H groups in total. The van der Waals surface area contributed by atoms with Crippen LogP contribution in [0.15, 0.2) is 30.3 Å². The van der Waals surface area contributed by atoms with Gasteiger partial charge in [-0.2, -0.15) is 11.8 Å². The smallest absolute Gasteiger partial charge is 0.103 e. The molecule has 0 aliphatic rings. The normalized spacial score (nSPS) is 10.8. The van der Waals surface area contributed by atoms with Gasteiger partial charge in [-0.15, -0.1) is 11.3 Å². The molecule has 1 aromatic heterocycles. The van der Waals surface area contributed by atoms with Crippen LogP contribution in [0.3, 0.4) is 0 Å².